The summed E-state index contributed by atoms with van der Waals surface area (Å²) in [5.41, 5.74) is 4.97. The van der Waals surface area contributed by atoms with Crippen LogP contribution in [0, 0.1) is 0 Å². The molecule has 0 unspecified atom stereocenters. The van der Waals surface area contributed by atoms with E-state index >= 15 is 0 Å². The highest BCUT2D eigenvalue weighted by Gasteiger charge is 2.23. The third kappa shape index (κ3) is 2.95. The SMILES string of the molecule is O=C(CCc1ccsc1)N1CCc2[nH]c3ccc(Br)cc3c2C1. The quantitative estimate of drug-likeness (QED) is 0.703. The minimum absolute atomic E-state index is 0.256. The lowest BCUT2D eigenvalue weighted by atomic mass is 10.0. The van der Waals surface area contributed by atoms with E-state index in [-0.39, 0.29) is 5.91 Å². The summed E-state index contributed by atoms with van der Waals surface area (Å²) < 4.78 is 1.08. The molecule has 23 heavy (non-hydrogen) atoms. The minimum atomic E-state index is 0.256. The molecule has 5 heteroatoms. The van der Waals surface area contributed by atoms with Crippen molar-refractivity contribution < 1.29 is 4.79 Å². The Morgan fingerprint density at radius 1 is 1.35 bits per heavy atom. The maximum Gasteiger partial charge on any atom is 0.223 e. The molecular formula is C18H17BrN2OS. The average Bonchev–Trinajstić information content (AvgIpc) is 3.19. The van der Waals surface area contributed by atoms with Crippen LogP contribution in [0.3, 0.4) is 0 Å². The molecule has 0 saturated heterocycles. The number of halogens is 1. The molecule has 0 saturated carbocycles. The topological polar surface area (TPSA) is 36.1 Å². The van der Waals surface area contributed by atoms with E-state index in [1.54, 1.807) is 11.3 Å². The molecule has 1 aromatic carbocycles. The smallest absolute Gasteiger partial charge is 0.223 e. The number of fused-ring (bicyclic) bond motifs is 3. The van der Waals surface area contributed by atoms with E-state index in [0.717, 1.165) is 29.4 Å². The van der Waals surface area contributed by atoms with E-state index < -0.39 is 0 Å². The first-order valence-electron chi connectivity index (χ1n) is 7.78. The predicted molar refractivity (Wildman–Crippen MR) is 97.8 cm³/mol. The zero-order valence-corrected chi connectivity index (χ0v) is 15.0. The molecule has 1 N–H and O–H groups in total. The maximum absolute atomic E-state index is 12.5. The first-order chi connectivity index (χ1) is 11.2. The summed E-state index contributed by atoms with van der Waals surface area (Å²) in [5, 5.41) is 5.42. The Balaban J connectivity index is 1.52. The van der Waals surface area contributed by atoms with E-state index in [0.29, 0.717) is 13.0 Å². The minimum Gasteiger partial charge on any atom is -0.358 e. The van der Waals surface area contributed by atoms with Crippen molar-refractivity contribution in [2.75, 3.05) is 6.54 Å². The highest BCUT2D eigenvalue weighted by atomic mass is 79.9. The van der Waals surface area contributed by atoms with Crippen LogP contribution in [-0.4, -0.2) is 22.3 Å². The number of aryl methyl sites for hydroxylation is 1. The monoisotopic (exact) mass is 388 g/mol. The fourth-order valence-electron chi connectivity index (χ4n) is 3.24. The Morgan fingerprint density at radius 2 is 2.26 bits per heavy atom. The molecule has 0 spiro atoms. The Labute approximate surface area is 147 Å². The maximum atomic E-state index is 12.5. The number of hydrogen-bond donors (Lipinski definition) is 1. The largest absolute Gasteiger partial charge is 0.358 e. The van der Waals surface area contributed by atoms with E-state index in [2.05, 4.69) is 49.9 Å². The summed E-state index contributed by atoms with van der Waals surface area (Å²) in [4.78, 5) is 18.0. The number of rotatable bonds is 3. The standard InChI is InChI=1S/C18H17BrN2OS/c19-13-2-3-16-14(9-13)15-10-21(7-5-17(15)20-16)18(22)4-1-12-6-8-23-11-12/h2-3,6,8-9,11,20H,1,4-5,7,10H2. The first kappa shape index (κ1) is 15.0. The number of carbonyl (C=O) groups excluding carboxylic acids is 1. The average molecular weight is 389 g/mol. The van der Waals surface area contributed by atoms with Crippen LogP contribution in [-0.2, 0) is 24.2 Å². The van der Waals surface area contributed by atoms with Crippen molar-refractivity contribution in [3.8, 4) is 0 Å². The van der Waals surface area contributed by atoms with Gasteiger partial charge in [0.1, 0.15) is 0 Å². The molecule has 2 aromatic heterocycles. The third-order valence-electron chi connectivity index (χ3n) is 4.50. The van der Waals surface area contributed by atoms with Crippen LogP contribution >= 0.6 is 27.3 Å². The number of nitrogens with zero attached hydrogens (tertiary/aromatic N) is 1. The van der Waals surface area contributed by atoms with E-state index in [9.17, 15) is 4.79 Å². The highest BCUT2D eigenvalue weighted by molar-refractivity contribution is 9.10. The molecule has 3 heterocycles. The van der Waals surface area contributed by atoms with Crippen molar-refractivity contribution >= 4 is 44.1 Å². The van der Waals surface area contributed by atoms with E-state index in [4.69, 9.17) is 0 Å². The number of amides is 1. The third-order valence-corrected chi connectivity index (χ3v) is 5.72. The predicted octanol–water partition coefficient (Wildman–Crippen LogP) is 4.51. The molecule has 0 fully saturated rings. The van der Waals surface area contributed by atoms with E-state index in [1.807, 2.05) is 11.0 Å². The molecule has 3 aromatic rings. The normalized spacial score (nSPS) is 14.2. The zero-order valence-electron chi connectivity index (χ0n) is 12.6. The van der Waals surface area contributed by atoms with E-state index in [1.165, 1.54) is 22.2 Å². The van der Waals surface area contributed by atoms with Gasteiger partial charge in [0.05, 0.1) is 0 Å². The molecular weight excluding hydrogens is 372 g/mol. The van der Waals surface area contributed by atoms with Gasteiger partial charge in [-0.3, -0.25) is 4.79 Å². The Kier molecular flexibility index (Phi) is 3.99. The summed E-state index contributed by atoms with van der Waals surface area (Å²) in [6.07, 6.45) is 2.34. The number of nitrogens with one attached hydrogen (secondary N) is 1. The fraction of sp³-hybridized carbons (Fsp3) is 0.278. The van der Waals surface area contributed by atoms with Crippen molar-refractivity contribution in [1.29, 1.82) is 0 Å². The number of thiophene rings is 1. The zero-order chi connectivity index (χ0) is 15.8. The number of H-pyrrole nitrogens is 1. The van der Waals surface area contributed by atoms with Gasteiger partial charge in [-0.1, -0.05) is 15.9 Å². The molecule has 1 aliphatic rings. The Morgan fingerprint density at radius 3 is 3.09 bits per heavy atom. The molecule has 0 aliphatic carbocycles. The second-order valence-corrected chi connectivity index (χ2v) is 7.66. The van der Waals surface area contributed by atoms with Crippen LogP contribution in [0.1, 0.15) is 23.2 Å². The van der Waals surface area contributed by atoms with Crippen molar-refractivity contribution in [1.82, 2.24) is 9.88 Å². The number of aromatic amines is 1. The fourth-order valence-corrected chi connectivity index (χ4v) is 4.31. The molecule has 1 amide bonds. The van der Waals surface area contributed by atoms with Crippen LogP contribution in [0.2, 0.25) is 0 Å². The van der Waals surface area contributed by atoms with Gasteiger partial charge in [-0.15, -0.1) is 0 Å². The lowest BCUT2D eigenvalue weighted by Crippen LogP contribution is -2.35. The highest BCUT2D eigenvalue weighted by Crippen LogP contribution is 2.30. The molecule has 3 nitrogen and oxygen atoms in total. The van der Waals surface area contributed by atoms with Crippen LogP contribution in [0.25, 0.3) is 10.9 Å². The molecule has 1 aliphatic heterocycles. The summed E-state index contributed by atoms with van der Waals surface area (Å²) in [6, 6.07) is 8.39. The number of benzene rings is 1. The number of carbonyl (C=O) groups is 1. The molecule has 4 rings (SSSR count). The van der Waals surface area contributed by atoms with Gasteiger partial charge in [0.25, 0.3) is 0 Å². The molecule has 0 atom stereocenters. The summed E-state index contributed by atoms with van der Waals surface area (Å²) in [5.74, 6) is 0.256. The van der Waals surface area contributed by atoms with Gasteiger partial charge >= 0.3 is 0 Å². The Hall–Kier alpha value is -1.59. The molecule has 118 valence electrons. The second-order valence-electron chi connectivity index (χ2n) is 5.97. The van der Waals surface area contributed by atoms with Crippen molar-refractivity contribution in [2.24, 2.45) is 0 Å². The van der Waals surface area contributed by atoms with Crippen LogP contribution in [0.15, 0.2) is 39.5 Å². The van der Waals surface area contributed by atoms with Crippen molar-refractivity contribution in [2.45, 2.75) is 25.8 Å². The second kappa shape index (κ2) is 6.13. The number of hydrogen-bond acceptors (Lipinski definition) is 2. The summed E-state index contributed by atoms with van der Waals surface area (Å²) >= 11 is 5.23. The van der Waals surface area contributed by atoms with Gasteiger partial charge in [0.2, 0.25) is 5.91 Å². The van der Waals surface area contributed by atoms with Gasteiger partial charge in [-0.25, -0.2) is 0 Å². The summed E-state index contributed by atoms with van der Waals surface area (Å²) in [7, 11) is 0. The lowest BCUT2D eigenvalue weighted by Gasteiger charge is -2.27. The molecule has 0 radical (unpaired) electrons. The van der Waals surface area contributed by atoms with Crippen LogP contribution < -0.4 is 0 Å². The van der Waals surface area contributed by atoms with Gasteiger partial charge in [-0.2, -0.15) is 11.3 Å². The van der Waals surface area contributed by atoms with Gasteiger partial charge in [0, 0.05) is 52.6 Å². The number of aromatic nitrogens is 1. The molecule has 0 bridgehead atoms. The first-order valence-corrected chi connectivity index (χ1v) is 9.52. The van der Waals surface area contributed by atoms with Crippen LogP contribution in [0.4, 0.5) is 0 Å². The van der Waals surface area contributed by atoms with Gasteiger partial charge < -0.3 is 9.88 Å². The lowest BCUT2D eigenvalue weighted by molar-refractivity contribution is -0.132. The van der Waals surface area contributed by atoms with Crippen molar-refractivity contribution in [3.05, 3.63) is 56.3 Å². The van der Waals surface area contributed by atoms with Crippen molar-refractivity contribution in [3.63, 3.8) is 0 Å². The van der Waals surface area contributed by atoms with Gasteiger partial charge in [-0.05, 0) is 47.0 Å². The van der Waals surface area contributed by atoms with Gasteiger partial charge in [0.15, 0.2) is 0 Å². The van der Waals surface area contributed by atoms with Crippen LogP contribution in [0.5, 0.6) is 0 Å². The summed E-state index contributed by atoms with van der Waals surface area (Å²) in [6.45, 7) is 1.53. The Bertz CT molecular complexity index is 853.